The van der Waals surface area contributed by atoms with Crippen LogP contribution in [0.3, 0.4) is 0 Å². The highest BCUT2D eigenvalue weighted by Gasteiger charge is 2.12. The molecule has 34 heavy (non-hydrogen) atoms. The molecule has 0 bridgehead atoms. The molecule has 0 saturated carbocycles. The Morgan fingerprint density at radius 1 is 0.765 bits per heavy atom. The summed E-state index contributed by atoms with van der Waals surface area (Å²) in [7, 11) is 1.61. The summed E-state index contributed by atoms with van der Waals surface area (Å²) in [5.74, 6) is 2.69. The number of aryl methyl sites for hydroxylation is 2. The highest BCUT2D eigenvalue weighted by atomic mass is 16.5. The molecule has 0 saturated heterocycles. The molecule has 0 aliphatic rings. The number of hydrogen-bond donors (Lipinski definition) is 1. The Morgan fingerprint density at radius 3 is 2.12 bits per heavy atom. The van der Waals surface area contributed by atoms with Crippen molar-refractivity contribution in [3.05, 3.63) is 113 Å². The lowest BCUT2D eigenvalue weighted by atomic mass is 10.1. The second-order valence-corrected chi connectivity index (χ2v) is 8.03. The number of anilines is 1. The smallest absolute Gasteiger partial charge is 0.255 e. The van der Waals surface area contributed by atoms with Gasteiger partial charge in [0.25, 0.3) is 5.91 Å². The summed E-state index contributed by atoms with van der Waals surface area (Å²) in [6.45, 7) is 4.36. The molecular weight excluding hydrogens is 426 g/mol. The van der Waals surface area contributed by atoms with E-state index in [1.807, 2.05) is 80.6 Å². The molecule has 5 heteroatoms. The van der Waals surface area contributed by atoms with Crippen LogP contribution in [0.1, 0.15) is 27.0 Å². The number of hydrogen-bond acceptors (Lipinski definition) is 4. The Bertz CT molecular complexity index is 1250. The van der Waals surface area contributed by atoms with E-state index in [2.05, 4.69) is 11.4 Å². The van der Waals surface area contributed by atoms with Crippen LogP contribution in [-0.4, -0.2) is 13.0 Å². The molecular formula is C29H27NO4. The summed E-state index contributed by atoms with van der Waals surface area (Å²) < 4.78 is 17.3. The molecule has 5 nitrogen and oxygen atoms in total. The predicted octanol–water partition coefficient (Wildman–Crippen LogP) is 6.94. The SMILES string of the molecule is COc1ccc(C(=O)Nc2ccc(Oc3ccccc3)cc2)cc1COc1cc(C)cc(C)c1. The van der Waals surface area contributed by atoms with Gasteiger partial charge in [0.1, 0.15) is 29.6 Å². The first-order chi connectivity index (χ1) is 16.5. The molecule has 0 radical (unpaired) electrons. The zero-order valence-corrected chi connectivity index (χ0v) is 19.5. The highest BCUT2D eigenvalue weighted by Crippen LogP contribution is 2.25. The fraction of sp³-hybridized carbons (Fsp3) is 0.138. The number of benzene rings is 4. The van der Waals surface area contributed by atoms with Crippen LogP contribution in [0.4, 0.5) is 5.69 Å². The molecule has 1 N–H and O–H groups in total. The fourth-order valence-electron chi connectivity index (χ4n) is 3.64. The second-order valence-electron chi connectivity index (χ2n) is 8.03. The van der Waals surface area contributed by atoms with Gasteiger partial charge < -0.3 is 19.5 Å². The maximum absolute atomic E-state index is 12.9. The van der Waals surface area contributed by atoms with Crippen molar-refractivity contribution in [1.82, 2.24) is 0 Å². The third kappa shape index (κ3) is 5.95. The summed E-state index contributed by atoms with van der Waals surface area (Å²) in [4.78, 5) is 12.9. The second kappa shape index (κ2) is 10.6. The van der Waals surface area contributed by atoms with Gasteiger partial charge in [-0.15, -0.1) is 0 Å². The van der Waals surface area contributed by atoms with E-state index >= 15 is 0 Å². The van der Waals surface area contributed by atoms with Crippen molar-refractivity contribution in [3.63, 3.8) is 0 Å². The first kappa shape index (κ1) is 22.9. The van der Waals surface area contributed by atoms with Gasteiger partial charge in [-0.2, -0.15) is 0 Å². The molecule has 0 aromatic heterocycles. The number of carbonyl (C=O) groups is 1. The van der Waals surface area contributed by atoms with Gasteiger partial charge >= 0.3 is 0 Å². The van der Waals surface area contributed by atoms with Crippen molar-refractivity contribution in [1.29, 1.82) is 0 Å². The Balaban J connectivity index is 1.43. The molecule has 0 spiro atoms. The van der Waals surface area contributed by atoms with E-state index in [0.717, 1.165) is 28.2 Å². The van der Waals surface area contributed by atoms with Crippen molar-refractivity contribution in [2.75, 3.05) is 12.4 Å². The van der Waals surface area contributed by atoms with E-state index in [9.17, 15) is 4.79 Å². The molecule has 4 rings (SSSR count). The molecule has 0 aliphatic heterocycles. The summed E-state index contributed by atoms with van der Waals surface area (Å²) in [5, 5.41) is 2.93. The largest absolute Gasteiger partial charge is 0.496 e. The molecule has 0 fully saturated rings. The predicted molar refractivity (Wildman–Crippen MR) is 134 cm³/mol. The average Bonchev–Trinajstić information content (AvgIpc) is 2.84. The number of methoxy groups -OCH3 is 1. The number of ether oxygens (including phenoxy) is 3. The summed E-state index contributed by atoms with van der Waals surface area (Å²) >= 11 is 0. The standard InChI is InChI=1S/C29H27NO4/c1-20-15-21(2)17-27(16-20)33-19-23-18-22(9-14-28(23)32-3)29(31)30-24-10-12-26(13-11-24)34-25-7-5-4-6-8-25/h4-18H,19H2,1-3H3,(H,30,31). The third-order valence-corrected chi connectivity index (χ3v) is 5.22. The first-order valence-electron chi connectivity index (χ1n) is 11.0. The van der Waals surface area contributed by atoms with E-state index < -0.39 is 0 Å². The molecule has 0 aliphatic carbocycles. The number of amides is 1. The van der Waals surface area contributed by atoms with Crippen LogP contribution in [0.15, 0.2) is 91.0 Å². The number of carbonyl (C=O) groups excluding carboxylic acids is 1. The van der Waals surface area contributed by atoms with Crippen molar-refractivity contribution in [2.45, 2.75) is 20.5 Å². The van der Waals surface area contributed by atoms with Crippen LogP contribution in [-0.2, 0) is 6.61 Å². The van der Waals surface area contributed by atoms with Crippen molar-refractivity contribution >= 4 is 11.6 Å². The van der Waals surface area contributed by atoms with Crippen LogP contribution >= 0.6 is 0 Å². The van der Waals surface area contributed by atoms with Crippen molar-refractivity contribution in [2.24, 2.45) is 0 Å². The zero-order valence-electron chi connectivity index (χ0n) is 19.5. The van der Waals surface area contributed by atoms with Gasteiger partial charge in [-0.05, 0) is 91.7 Å². The highest BCUT2D eigenvalue weighted by molar-refractivity contribution is 6.04. The van der Waals surface area contributed by atoms with Gasteiger partial charge in [-0.1, -0.05) is 24.3 Å². The van der Waals surface area contributed by atoms with Crippen LogP contribution in [0.25, 0.3) is 0 Å². The van der Waals surface area contributed by atoms with Gasteiger partial charge in [0.2, 0.25) is 0 Å². The topological polar surface area (TPSA) is 56.8 Å². The van der Waals surface area contributed by atoms with Gasteiger partial charge in [-0.25, -0.2) is 0 Å². The van der Waals surface area contributed by atoms with Gasteiger partial charge in [0.05, 0.1) is 7.11 Å². The maximum Gasteiger partial charge on any atom is 0.255 e. The Kier molecular flexibility index (Phi) is 7.13. The maximum atomic E-state index is 12.9. The fourth-order valence-corrected chi connectivity index (χ4v) is 3.64. The molecule has 0 heterocycles. The molecule has 4 aromatic rings. The number of rotatable bonds is 8. The van der Waals surface area contributed by atoms with Crippen LogP contribution in [0.5, 0.6) is 23.0 Å². The lowest BCUT2D eigenvalue weighted by molar-refractivity contribution is 0.102. The Labute approximate surface area is 199 Å². The van der Waals surface area contributed by atoms with Gasteiger partial charge in [0.15, 0.2) is 0 Å². The van der Waals surface area contributed by atoms with Crippen LogP contribution in [0.2, 0.25) is 0 Å². The van der Waals surface area contributed by atoms with Crippen LogP contribution < -0.4 is 19.5 Å². The molecule has 0 unspecified atom stereocenters. The normalized spacial score (nSPS) is 10.4. The van der Waals surface area contributed by atoms with Gasteiger partial charge in [0, 0.05) is 16.8 Å². The summed E-state index contributed by atoms with van der Waals surface area (Å²) in [6.07, 6.45) is 0. The quantitative estimate of drug-likeness (QED) is 0.314. The molecule has 0 atom stereocenters. The average molecular weight is 454 g/mol. The lowest BCUT2D eigenvalue weighted by Crippen LogP contribution is -2.12. The minimum Gasteiger partial charge on any atom is -0.496 e. The van der Waals surface area contributed by atoms with Crippen molar-refractivity contribution < 1.29 is 19.0 Å². The van der Waals surface area contributed by atoms with E-state index in [1.54, 1.807) is 25.3 Å². The summed E-state index contributed by atoms with van der Waals surface area (Å²) in [5.41, 5.74) is 4.25. The van der Waals surface area contributed by atoms with E-state index in [-0.39, 0.29) is 5.91 Å². The lowest BCUT2D eigenvalue weighted by Gasteiger charge is -2.13. The van der Waals surface area contributed by atoms with Crippen molar-refractivity contribution in [3.8, 4) is 23.0 Å². The van der Waals surface area contributed by atoms with Gasteiger partial charge in [-0.3, -0.25) is 4.79 Å². The van der Waals surface area contributed by atoms with E-state index in [4.69, 9.17) is 14.2 Å². The van der Waals surface area contributed by atoms with E-state index in [1.165, 1.54) is 0 Å². The number of nitrogens with one attached hydrogen (secondary N) is 1. The Hall–Kier alpha value is -4.25. The molecule has 4 aromatic carbocycles. The van der Waals surface area contributed by atoms with Crippen LogP contribution in [0, 0.1) is 13.8 Å². The summed E-state index contributed by atoms with van der Waals surface area (Å²) in [6, 6.07) is 28.2. The third-order valence-electron chi connectivity index (χ3n) is 5.22. The molecule has 1 amide bonds. The zero-order chi connectivity index (χ0) is 23.9. The Morgan fingerprint density at radius 2 is 1.44 bits per heavy atom. The minimum atomic E-state index is -0.216. The first-order valence-corrected chi connectivity index (χ1v) is 11.0. The minimum absolute atomic E-state index is 0.216. The van der Waals surface area contributed by atoms with E-state index in [0.29, 0.717) is 29.4 Å². The number of para-hydroxylation sites is 1. The molecule has 172 valence electrons. The monoisotopic (exact) mass is 453 g/mol.